The predicted molar refractivity (Wildman–Crippen MR) is 130 cm³/mol. The van der Waals surface area contributed by atoms with Gasteiger partial charge < -0.3 is 24.4 Å². The third-order valence-corrected chi connectivity index (χ3v) is 7.01. The van der Waals surface area contributed by atoms with Crippen molar-refractivity contribution in [1.82, 2.24) is 0 Å². The molecule has 2 aliphatic heterocycles. The molecule has 184 valence electrons. The van der Waals surface area contributed by atoms with Crippen LogP contribution in [0.5, 0.6) is 11.5 Å². The highest BCUT2D eigenvalue weighted by atomic mass is 16.6. The highest BCUT2D eigenvalue weighted by molar-refractivity contribution is 6.00. The van der Waals surface area contributed by atoms with Crippen molar-refractivity contribution in [2.45, 2.75) is 45.1 Å². The third-order valence-electron chi connectivity index (χ3n) is 7.01. The van der Waals surface area contributed by atoms with Gasteiger partial charge in [0.2, 0.25) is 5.91 Å². The van der Waals surface area contributed by atoms with Crippen LogP contribution in [-0.2, 0) is 25.5 Å². The van der Waals surface area contributed by atoms with Crippen molar-refractivity contribution in [2.75, 3.05) is 30.0 Å². The van der Waals surface area contributed by atoms with E-state index in [1.165, 1.54) is 0 Å². The third kappa shape index (κ3) is 4.83. The summed E-state index contributed by atoms with van der Waals surface area (Å²) in [5.41, 5.74) is 2.61. The lowest BCUT2D eigenvalue weighted by Gasteiger charge is -2.32. The van der Waals surface area contributed by atoms with Gasteiger partial charge in [-0.3, -0.25) is 14.4 Å². The fourth-order valence-electron chi connectivity index (χ4n) is 5.16. The number of nitrogens with zero attached hydrogens (tertiary/aromatic N) is 1. The van der Waals surface area contributed by atoms with Gasteiger partial charge in [-0.05, 0) is 49.9 Å². The van der Waals surface area contributed by atoms with Crippen molar-refractivity contribution >= 4 is 29.2 Å². The molecule has 5 rings (SSSR count). The van der Waals surface area contributed by atoms with Gasteiger partial charge in [0.15, 0.2) is 17.6 Å². The van der Waals surface area contributed by atoms with E-state index >= 15 is 0 Å². The van der Waals surface area contributed by atoms with E-state index in [1.807, 2.05) is 29.2 Å². The van der Waals surface area contributed by atoms with Gasteiger partial charge in [0.1, 0.15) is 13.2 Å². The SMILES string of the molecule is CC(OC(=O)C1CCCCC1C(=O)N1CCc2ccccc21)C(=O)Nc1ccc2c(c1)OCCO2. The monoisotopic (exact) mass is 478 g/mol. The van der Waals surface area contributed by atoms with Gasteiger partial charge in [0, 0.05) is 24.0 Å². The first-order chi connectivity index (χ1) is 17.0. The van der Waals surface area contributed by atoms with Crippen LogP contribution in [0.3, 0.4) is 0 Å². The second kappa shape index (κ2) is 9.98. The highest BCUT2D eigenvalue weighted by Gasteiger charge is 2.41. The molecule has 3 aliphatic rings. The molecule has 3 atom stereocenters. The van der Waals surface area contributed by atoms with Crippen molar-refractivity contribution in [1.29, 1.82) is 0 Å². The molecule has 3 unspecified atom stereocenters. The number of hydrogen-bond donors (Lipinski definition) is 1. The lowest BCUT2D eigenvalue weighted by molar-refractivity contribution is -0.161. The zero-order valence-corrected chi connectivity index (χ0v) is 19.8. The second-order valence-electron chi connectivity index (χ2n) is 9.29. The predicted octanol–water partition coefficient (Wildman–Crippen LogP) is 3.72. The molecule has 8 heteroatoms. The molecule has 2 aromatic rings. The van der Waals surface area contributed by atoms with Crippen LogP contribution in [0.1, 0.15) is 38.2 Å². The van der Waals surface area contributed by atoms with Crippen LogP contribution in [0.2, 0.25) is 0 Å². The fourth-order valence-corrected chi connectivity index (χ4v) is 5.16. The Balaban J connectivity index is 1.22. The van der Waals surface area contributed by atoms with E-state index in [0.29, 0.717) is 49.8 Å². The van der Waals surface area contributed by atoms with Crippen molar-refractivity contribution < 1.29 is 28.6 Å². The molecule has 0 aromatic heterocycles. The normalized spacial score (nSPS) is 21.6. The molecular weight excluding hydrogens is 448 g/mol. The Kier molecular flexibility index (Phi) is 6.61. The number of para-hydroxylation sites is 1. The van der Waals surface area contributed by atoms with Crippen LogP contribution in [0, 0.1) is 11.8 Å². The van der Waals surface area contributed by atoms with Gasteiger partial charge in [-0.15, -0.1) is 0 Å². The fraction of sp³-hybridized carbons (Fsp3) is 0.444. The molecule has 2 amide bonds. The summed E-state index contributed by atoms with van der Waals surface area (Å²) in [6, 6.07) is 13.0. The Morgan fingerprint density at radius 3 is 2.57 bits per heavy atom. The van der Waals surface area contributed by atoms with Crippen LogP contribution in [0.25, 0.3) is 0 Å². The van der Waals surface area contributed by atoms with Crippen LogP contribution < -0.4 is 19.7 Å². The van der Waals surface area contributed by atoms with Crippen molar-refractivity contribution in [3.63, 3.8) is 0 Å². The summed E-state index contributed by atoms with van der Waals surface area (Å²) in [5.74, 6) is -0.746. The molecule has 8 nitrogen and oxygen atoms in total. The topological polar surface area (TPSA) is 94.2 Å². The van der Waals surface area contributed by atoms with E-state index in [-0.39, 0.29) is 5.91 Å². The maximum atomic E-state index is 13.5. The van der Waals surface area contributed by atoms with Gasteiger partial charge >= 0.3 is 5.97 Å². The summed E-state index contributed by atoms with van der Waals surface area (Å²) in [5, 5.41) is 2.76. The number of fused-ring (bicyclic) bond motifs is 2. The second-order valence-corrected chi connectivity index (χ2v) is 9.29. The van der Waals surface area contributed by atoms with Gasteiger partial charge in [-0.1, -0.05) is 31.0 Å². The number of benzene rings is 2. The Morgan fingerprint density at radius 1 is 1.00 bits per heavy atom. The van der Waals surface area contributed by atoms with E-state index in [4.69, 9.17) is 14.2 Å². The standard InChI is InChI=1S/C27H30N2O6/c1-17(25(30)28-19-10-11-23-24(16-19)34-15-14-33-23)35-27(32)21-8-4-3-7-20(21)26(31)29-13-12-18-6-2-5-9-22(18)29/h2,5-6,9-11,16-17,20-21H,3-4,7-8,12-15H2,1H3,(H,28,30). The molecule has 1 N–H and O–H groups in total. The lowest BCUT2D eigenvalue weighted by Crippen LogP contribution is -2.43. The zero-order chi connectivity index (χ0) is 24.4. The first-order valence-electron chi connectivity index (χ1n) is 12.3. The van der Waals surface area contributed by atoms with Crippen LogP contribution >= 0.6 is 0 Å². The van der Waals surface area contributed by atoms with Gasteiger partial charge in [-0.2, -0.15) is 0 Å². The minimum absolute atomic E-state index is 0.0232. The Labute approximate surface area is 204 Å². The number of ether oxygens (including phenoxy) is 3. The quantitative estimate of drug-likeness (QED) is 0.659. The summed E-state index contributed by atoms with van der Waals surface area (Å²) in [6.45, 7) is 3.11. The smallest absolute Gasteiger partial charge is 0.310 e. The molecular formula is C27H30N2O6. The number of rotatable bonds is 5. The summed E-state index contributed by atoms with van der Waals surface area (Å²) in [7, 11) is 0. The molecule has 0 saturated heterocycles. The molecule has 1 saturated carbocycles. The number of carbonyl (C=O) groups is 3. The Hall–Kier alpha value is -3.55. The number of hydrogen-bond acceptors (Lipinski definition) is 6. The Bertz CT molecular complexity index is 1130. The molecule has 2 aromatic carbocycles. The minimum atomic E-state index is -0.999. The summed E-state index contributed by atoms with van der Waals surface area (Å²) in [4.78, 5) is 41.1. The molecule has 1 aliphatic carbocycles. The average molecular weight is 479 g/mol. The Morgan fingerprint density at radius 2 is 1.74 bits per heavy atom. The summed E-state index contributed by atoms with van der Waals surface area (Å²) in [6.07, 6.45) is 2.81. The molecule has 0 bridgehead atoms. The van der Waals surface area contributed by atoms with E-state index in [0.717, 1.165) is 30.5 Å². The molecule has 35 heavy (non-hydrogen) atoms. The maximum absolute atomic E-state index is 13.5. The van der Waals surface area contributed by atoms with E-state index in [9.17, 15) is 14.4 Å². The molecule has 0 radical (unpaired) electrons. The van der Waals surface area contributed by atoms with Gasteiger partial charge in [0.25, 0.3) is 5.91 Å². The van der Waals surface area contributed by atoms with E-state index in [1.54, 1.807) is 25.1 Å². The number of esters is 1. The number of amides is 2. The lowest BCUT2D eigenvalue weighted by atomic mass is 9.78. The minimum Gasteiger partial charge on any atom is -0.486 e. The van der Waals surface area contributed by atoms with Crippen molar-refractivity contribution in [3.8, 4) is 11.5 Å². The molecule has 2 heterocycles. The maximum Gasteiger partial charge on any atom is 0.310 e. The van der Waals surface area contributed by atoms with Crippen molar-refractivity contribution in [2.24, 2.45) is 11.8 Å². The first kappa shape index (κ1) is 23.2. The van der Waals surface area contributed by atoms with Crippen molar-refractivity contribution in [3.05, 3.63) is 48.0 Å². The summed E-state index contributed by atoms with van der Waals surface area (Å²) < 4.78 is 16.6. The first-order valence-corrected chi connectivity index (χ1v) is 12.3. The largest absolute Gasteiger partial charge is 0.486 e. The van der Waals surface area contributed by atoms with E-state index in [2.05, 4.69) is 5.32 Å². The van der Waals surface area contributed by atoms with Crippen LogP contribution in [-0.4, -0.2) is 43.6 Å². The zero-order valence-electron chi connectivity index (χ0n) is 19.8. The van der Waals surface area contributed by atoms with Crippen LogP contribution in [0.15, 0.2) is 42.5 Å². The van der Waals surface area contributed by atoms with Crippen LogP contribution in [0.4, 0.5) is 11.4 Å². The number of nitrogens with one attached hydrogen (secondary N) is 1. The van der Waals surface area contributed by atoms with E-state index < -0.39 is 29.8 Å². The van der Waals surface area contributed by atoms with Gasteiger partial charge in [0.05, 0.1) is 11.8 Å². The van der Waals surface area contributed by atoms with Gasteiger partial charge in [-0.25, -0.2) is 0 Å². The number of carbonyl (C=O) groups excluding carboxylic acids is 3. The number of anilines is 2. The molecule has 1 fully saturated rings. The molecule has 0 spiro atoms. The highest BCUT2D eigenvalue weighted by Crippen LogP contribution is 2.37. The average Bonchev–Trinajstić information content (AvgIpc) is 3.32. The summed E-state index contributed by atoms with van der Waals surface area (Å²) >= 11 is 0.